The Bertz CT molecular complexity index is 871. The number of hydrogen-bond donors (Lipinski definition) is 0. The minimum absolute atomic E-state index is 0.257. The van der Waals surface area contributed by atoms with Crippen molar-refractivity contribution in [3.63, 3.8) is 0 Å². The Morgan fingerprint density at radius 3 is 2.46 bits per heavy atom. The van der Waals surface area contributed by atoms with Crippen LogP contribution in [0, 0.1) is 6.92 Å². The maximum Gasteiger partial charge on any atom is 0.331 e. The van der Waals surface area contributed by atoms with Crippen molar-refractivity contribution < 1.29 is 23.8 Å². The van der Waals surface area contributed by atoms with E-state index in [9.17, 15) is 9.59 Å². The van der Waals surface area contributed by atoms with Gasteiger partial charge in [0.1, 0.15) is 0 Å². The molecular weight excluding hydrogens is 380 g/mol. The average Bonchev–Trinajstić information content (AvgIpc) is 2.66. The maximum atomic E-state index is 12.3. The summed E-state index contributed by atoms with van der Waals surface area (Å²) in [5.41, 5.74) is 2.19. The number of rotatable bonds is 8. The highest BCUT2D eigenvalue weighted by atomic mass is 35.5. The van der Waals surface area contributed by atoms with E-state index in [2.05, 4.69) is 0 Å². The SMILES string of the molecule is CCOc1cc(/C=C/C(=O)O[C@@H](C)C(=O)c2ccc(C)cc2)cc(Cl)c1OC. The number of methoxy groups -OCH3 is 1. The largest absolute Gasteiger partial charge is 0.491 e. The first-order chi connectivity index (χ1) is 13.3. The zero-order valence-corrected chi connectivity index (χ0v) is 17.1. The van der Waals surface area contributed by atoms with Crippen molar-refractivity contribution in [3.8, 4) is 11.5 Å². The van der Waals surface area contributed by atoms with Crippen LogP contribution in [0.15, 0.2) is 42.5 Å². The minimum atomic E-state index is -0.890. The number of esters is 1. The second-order valence-corrected chi connectivity index (χ2v) is 6.52. The average molecular weight is 403 g/mol. The monoisotopic (exact) mass is 402 g/mol. The lowest BCUT2D eigenvalue weighted by atomic mass is 10.1. The smallest absolute Gasteiger partial charge is 0.331 e. The van der Waals surface area contributed by atoms with E-state index in [1.807, 2.05) is 26.0 Å². The van der Waals surface area contributed by atoms with Gasteiger partial charge in [-0.3, -0.25) is 4.79 Å². The van der Waals surface area contributed by atoms with Crippen LogP contribution in [0.5, 0.6) is 11.5 Å². The fourth-order valence-electron chi connectivity index (χ4n) is 2.53. The summed E-state index contributed by atoms with van der Waals surface area (Å²) in [7, 11) is 1.50. The number of benzene rings is 2. The van der Waals surface area contributed by atoms with Gasteiger partial charge in [-0.25, -0.2) is 4.79 Å². The third-order valence-electron chi connectivity index (χ3n) is 3.95. The van der Waals surface area contributed by atoms with Gasteiger partial charge in [-0.1, -0.05) is 41.4 Å². The molecule has 0 saturated carbocycles. The van der Waals surface area contributed by atoms with Crippen molar-refractivity contribution in [1.29, 1.82) is 0 Å². The van der Waals surface area contributed by atoms with Gasteiger partial charge < -0.3 is 14.2 Å². The summed E-state index contributed by atoms with van der Waals surface area (Å²) in [6, 6.07) is 10.5. The van der Waals surface area contributed by atoms with Gasteiger partial charge in [0.05, 0.1) is 18.7 Å². The highest BCUT2D eigenvalue weighted by Gasteiger charge is 2.18. The molecule has 0 aliphatic heterocycles. The second kappa shape index (κ2) is 9.95. The molecule has 148 valence electrons. The van der Waals surface area contributed by atoms with Gasteiger partial charge in [0.25, 0.3) is 0 Å². The van der Waals surface area contributed by atoms with Gasteiger partial charge in [-0.2, -0.15) is 0 Å². The van der Waals surface area contributed by atoms with Gasteiger partial charge in [0, 0.05) is 11.6 Å². The maximum absolute atomic E-state index is 12.3. The van der Waals surface area contributed by atoms with Gasteiger partial charge in [-0.15, -0.1) is 0 Å². The number of hydrogen-bond acceptors (Lipinski definition) is 5. The van der Waals surface area contributed by atoms with Crippen LogP contribution in [0.2, 0.25) is 5.02 Å². The van der Waals surface area contributed by atoms with Crippen LogP contribution in [0.3, 0.4) is 0 Å². The van der Waals surface area contributed by atoms with Crippen molar-refractivity contribution in [1.82, 2.24) is 0 Å². The lowest BCUT2D eigenvalue weighted by Gasteiger charge is -2.12. The Kier molecular flexibility index (Phi) is 7.64. The molecule has 0 heterocycles. The molecule has 0 saturated heterocycles. The topological polar surface area (TPSA) is 61.8 Å². The predicted octanol–water partition coefficient (Wildman–Crippen LogP) is 4.88. The highest BCUT2D eigenvalue weighted by Crippen LogP contribution is 2.36. The Morgan fingerprint density at radius 2 is 1.86 bits per heavy atom. The minimum Gasteiger partial charge on any atom is -0.491 e. The number of aryl methyl sites for hydroxylation is 1. The van der Waals surface area contributed by atoms with Gasteiger partial charge in [0.15, 0.2) is 17.6 Å². The van der Waals surface area contributed by atoms with Gasteiger partial charge in [0.2, 0.25) is 5.78 Å². The first kappa shape index (κ1) is 21.5. The van der Waals surface area contributed by atoms with E-state index in [0.29, 0.717) is 34.3 Å². The summed E-state index contributed by atoms with van der Waals surface area (Å²) in [6.07, 6.45) is 1.89. The molecule has 1 atom stereocenters. The zero-order valence-electron chi connectivity index (χ0n) is 16.3. The molecule has 0 unspecified atom stereocenters. The molecule has 2 rings (SSSR count). The van der Waals surface area contributed by atoms with E-state index in [4.69, 9.17) is 25.8 Å². The van der Waals surface area contributed by atoms with E-state index in [1.54, 1.807) is 37.3 Å². The van der Waals surface area contributed by atoms with E-state index < -0.39 is 12.1 Å². The van der Waals surface area contributed by atoms with Crippen molar-refractivity contribution in [2.75, 3.05) is 13.7 Å². The first-order valence-corrected chi connectivity index (χ1v) is 9.23. The molecule has 0 radical (unpaired) electrons. The zero-order chi connectivity index (χ0) is 20.7. The number of carbonyl (C=O) groups excluding carboxylic acids is 2. The standard InChI is InChI=1S/C22H23ClO5/c1-5-27-19-13-16(12-18(23)22(19)26-4)8-11-20(24)28-15(3)21(25)17-9-6-14(2)7-10-17/h6-13,15H,5H2,1-4H3/b11-8+/t15-/m0/s1. The molecule has 0 amide bonds. The fourth-order valence-corrected chi connectivity index (χ4v) is 2.83. The molecule has 6 heteroatoms. The third-order valence-corrected chi connectivity index (χ3v) is 4.23. The predicted molar refractivity (Wildman–Crippen MR) is 109 cm³/mol. The lowest BCUT2D eigenvalue weighted by molar-refractivity contribution is -0.140. The summed E-state index contributed by atoms with van der Waals surface area (Å²) in [4.78, 5) is 24.4. The molecule has 5 nitrogen and oxygen atoms in total. The van der Waals surface area contributed by atoms with E-state index in [1.165, 1.54) is 13.2 Å². The molecule has 28 heavy (non-hydrogen) atoms. The van der Waals surface area contributed by atoms with Gasteiger partial charge >= 0.3 is 5.97 Å². The molecule has 0 N–H and O–H groups in total. The van der Waals surface area contributed by atoms with Crippen molar-refractivity contribution >= 4 is 29.4 Å². The molecule has 0 spiro atoms. The number of halogens is 1. The summed E-state index contributed by atoms with van der Waals surface area (Å²) >= 11 is 6.19. The van der Waals surface area contributed by atoms with E-state index in [0.717, 1.165) is 5.56 Å². The number of ketones is 1. The third kappa shape index (κ3) is 5.60. The molecule has 0 aliphatic rings. The van der Waals surface area contributed by atoms with Crippen LogP contribution in [0.25, 0.3) is 6.08 Å². The fraction of sp³-hybridized carbons (Fsp3) is 0.273. The summed E-state index contributed by atoms with van der Waals surface area (Å²) in [6.45, 7) is 5.77. The number of carbonyl (C=O) groups is 2. The van der Waals surface area contributed by atoms with Crippen LogP contribution in [-0.4, -0.2) is 31.6 Å². The van der Waals surface area contributed by atoms with E-state index in [-0.39, 0.29) is 5.78 Å². The summed E-state index contributed by atoms with van der Waals surface area (Å²) in [5.74, 6) is 0.0275. The molecular formula is C22H23ClO5. The molecule has 0 fully saturated rings. The van der Waals surface area contributed by atoms with E-state index >= 15 is 0 Å². The first-order valence-electron chi connectivity index (χ1n) is 8.85. The Hall–Kier alpha value is -2.79. The molecule has 2 aromatic rings. The van der Waals surface area contributed by atoms with Crippen LogP contribution in [0.1, 0.15) is 35.3 Å². The quantitative estimate of drug-likeness (QED) is 0.357. The van der Waals surface area contributed by atoms with Crippen molar-refractivity contribution in [3.05, 3.63) is 64.2 Å². The van der Waals surface area contributed by atoms with Gasteiger partial charge in [-0.05, 0) is 44.5 Å². The van der Waals surface area contributed by atoms with Crippen LogP contribution in [-0.2, 0) is 9.53 Å². The molecule has 0 aromatic heterocycles. The molecule has 0 aliphatic carbocycles. The normalized spacial score (nSPS) is 11.9. The second-order valence-electron chi connectivity index (χ2n) is 6.11. The Labute approximate surface area is 169 Å². The summed E-state index contributed by atoms with van der Waals surface area (Å²) < 4.78 is 15.9. The van der Waals surface area contributed by atoms with Crippen LogP contribution < -0.4 is 9.47 Å². The number of ether oxygens (including phenoxy) is 3. The molecule has 2 aromatic carbocycles. The van der Waals surface area contributed by atoms with Crippen LogP contribution >= 0.6 is 11.6 Å². The highest BCUT2D eigenvalue weighted by molar-refractivity contribution is 6.32. The lowest BCUT2D eigenvalue weighted by Crippen LogP contribution is -2.23. The van der Waals surface area contributed by atoms with Crippen molar-refractivity contribution in [2.45, 2.75) is 26.9 Å². The Morgan fingerprint density at radius 1 is 1.18 bits per heavy atom. The Balaban J connectivity index is 2.06. The molecule has 0 bridgehead atoms. The van der Waals surface area contributed by atoms with Crippen molar-refractivity contribution in [2.24, 2.45) is 0 Å². The summed E-state index contributed by atoms with van der Waals surface area (Å²) in [5, 5.41) is 0.365. The van der Waals surface area contributed by atoms with Crippen LogP contribution in [0.4, 0.5) is 0 Å². The number of Topliss-reactive ketones (excluding diaryl/α,β-unsaturated/α-hetero) is 1.